The first-order chi connectivity index (χ1) is 6.90. The molecule has 15 heavy (non-hydrogen) atoms. The van der Waals surface area contributed by atoms with Crippen LogP contribution in [0.15, 0.2) is 17.0 Å². The van der Waals surface area contributed by atoms with E-state index in [2.05, 4.69) is 22.6 Å². The highest BCUT2D eigenvalue weighted by Gasteiger charge is 2.17. The summed E-state index contributed by atoms with van der Waals surface area (Å²) < 4.78 is 23.3. The quantitative estimate of drug-likeness (QED) is 0.605. The maximum Gasteiger partial charge on any atom is 0.262 e. The second-order valence-corrected chi connectivity index (χ2v) is 6.54. The Kier molecular flexibility index (Phi) is 3.98. The molecule has 6 heteroatoms. The molecular formula is C9H7ClINO2S. The molecule has 0 saturated heterocycles. The van der Waals surface area contributed by atoms with Gasteiger partial charge in [-0.1, -0.05) is 6.92 Å². The summed E-state index contributed by atoms with van der Waals surface area (Å²) in [6.45, 7) is 1.91. The Hall–Kier alpha value is -0.320. The van der Waals surface area contributed by atoms with E-state index in [0.717, 1.165) is 9.13 Å². The van der Waals surface area contributed by atoms with E-state index >= 15 is 0 Å². The van der Waals surface area contributed by atoms with E-state index in [9.17, 15) is 8.42 Å². The van der Waals surface area contributed by atoms with Crippen molar-refractivity contribution in [2.24, 2.45) is 0 Å². The molecule has 0 aliphatic heterocycles. The number of benzene rings is 1. The van der Waals surface area contributed by atoms with Gasteiger partial charge in [-0.15, -0.1) is 0 Å². The summed E-state index contributed by atoms with van der Waals surface area (Å²) in [5.41, 5.74) is 0.959. The van der Waals surface area contributed by atoms with E-state index < -0.39 is 9.05 Å². The van der Waals surface area contributed by atoms with E-state index in [0.29, 0.717) is 6.42 Å². The maximum atomic E-state index is 11.2. The first kappa shape index (κ1) is 12.7. The topological polar surface area (TPSA) is 57.9 Å². The van der Waals surface area contributed by atoms with Crippen molar-refractivity contribution in [1.82, 2.24) is 0 Å². The van der Waals surface area contributed by atoms with Crippen molar-refractivity contribution >= 4 is 42.3 Å². The second-order valence-electron chi connectivity index (χ2n) is 2.84. The third-order valence-electron chi connectivity index (χ3n) is 1.91. The van der Waals surface area contributed by atoms with Gasteiger partial charge in [-0.05, 0) is 46.7 Å². The normalized spacial score (nSPS) is 11.1. The summed E-state index contributed by atoms with van der Waals surface area (Å²) in [5.74, 6) is 0. The lowest BCUT2D eigenvalue weighted by molar-refractivity contribution is 0.609. The van der Waals surface area contributed by atoms with Gasteiger partial charge in [0, 0.05) is 14.3 Å². The summed E-state index contributed by atoms with van der Waals surface area (Å²) in [5, 5.41) is 8.79. The van der Waals surface area contributed by atoms with Crippen molar-refractivity contribution in [3.05, 3.63) is 26.8 Å². The molecule has 0 spiro atoms. The molecule has 0 aromatic heterocycles. The van der Waals surface area contributed by atoms with Crippen molar-refractivity contribution in [2.75, 3.05) is 0 Å². The Morgan fingerprint density at radius 1 is 1.53 bits per heavy atom. The fraction of sp³-hybridized carbons (Fsp3) is 0.222. The molecule has 1 rings (SSSR count). The van der Waals surface area contributed by atoms with Gasteiger partial charge in [0.15, 0.2) is 0 Å². The number of halogens is 2. The molecule has 0 heterocycles. The number of nitrogens with zero attached hydrogens (tertiary/aromatic N) is 1. The van der Waals surface area contributed by atoms with Crippen molar-refractivity contribution in [3.63, 3.8) is 0 Å². The van der Waals surface area contributed by atoms with Gasteiger partial charge >= 0.3 is 0 Å². The van der Waals surface area contributed by atoms with Crippen LogP contribution < -0.4 is 0 Å². The molecule has 3 nitrogen and oxygen atoms in total. The summed E-state index contributed by atoms with van der Waals surface area (Å²) in [4.78, 5) is -0.107. The minimum Gasteiger partial charge on any atom is -0.207 e. The Morgan fingerprint density at radius 3 is 2.53 bits per heavy atom. The van der Waals surface area contributed by atoms with Crippen LogP contribution in [0.4, 0.5) is 0 Å². The van der Waals surface area contributed by atoms with Gasteiger partial charge in [0.2, 0.25) is 0 Å². The lowest BCUT2D eigenvalue weighted by Gasteiger charge is -2.05. The highest BCUT2D eigenvalue weighted by Crippen LogP contribution is 2.25. The smallest absolute Gasteiger partial charge is 0.207 e. The van der Waals surface area contributed by atoms with Crippen molar-refractivity contribution in [3.8, 4) is 6.07 Å². The van der Waals surface area contributed by atoms with E-state index in [1.807, 2.05) is 13.0 Å². The van der Waals surface area contributed by atoms with Crippen molar-refractivity contribution in [2.45, 2.75) is 18.2 Å². The Morgan fingerprint density at radius 2 is 2.13 bits per heavy atom. The third kappa shape index (κ3) is 2.83. The van der Waals surface area contributed by atoms with Gasteiger partial charge in [-0.3, -0.25) is 0 Å². The zero-order valence-electron chi connectivity index (χ0n) is 7.79. The average Bonchev–Trinajstić information content (AvgIpc) is 2.15. The molecule has 1 aromatic carbocycles. The van der Waals surface area contributed by atoms with Crippen LogP contribution in [0.1, 0.15) is 18.1 Å². The summed E-state index contributed by atoms with van der Waals surface area (Å²) in [6.07, 6.45) is 0.698. The van der Waals surface area contributed by atoms with Crippen LogP contribution in [-0.4, -0.2) is 8.42 Å². The van der Waals surface area contributed by atoms with Gasteiger partial charge in [0.1, 0.15) is 11.0 Å². The van der Waals surface area contributed by atoms with Crippen molar-refractivity contribution in [1.29, 1.82) is 5.26 Å². The first-order valence-corrected chi connectivity index (χ1v) is 7.46. The fourth-order valence-electron chi connectivity index (χ4n) is 1.16. The summed E-state index contributed by atoms with van der Waals surface area (Å²) in [6, 6.07) is 4.82. The molecule has 0 N–H and O–H groups in total. The lowest BCUT2D eigenvalue weighted by Crippen LogP contribution is -1.99. The number of rotatable bonds is 2. The van der Waals surface area contributed by atoms with Gasteiger partial charge in [0.05, 0.1) is 5.56 Å². The average molecular weight is 356 g/mol. The number of hydrogen-bond donors (Lipinski definition) is 0. The molecule has 1 aromatic rings. The lowest BCUT2D eigenvalue weighted by atomic mass is 10.1. The van der Waals surface area contributed by atoms with Crippen LogP contribution in [0.2, 0.25) is 0 Å². The summed E-state index contributed by atoms with van der Waals surface area (Å²) >= 11 is 2.07. The standard InChI is InChI=1S/C9H7ClINO2S/c1-2-6-4-9(15(10,13)14)7(5-12)3-8(6)11/h3-4H,2H2,1H3. The monoisotopic (exact) mass is 355 g/mol. The van der Waals surface area contributed by atoms with Gasteiger partial charge in [-0.25, -0.2) is 8.42 Å². The molecule has 0 radical (unpaired) electrons. The zero-order valence-corrected chi connectivity index (χ0v) is 11.5. The van der Waals surface area contributed by atoms with Crippen LogP contribution in [0.3, 0.4) is 0 Å². The zero-order chi connectivity index (χ0) is 11.6. The fourth-order valence-corrected chi connectivity index (χ4v) is 3.04. The summed E-state index contributed by atoms with van der Waals surface area (Å²) in [7, 11) is 1.39. The highest BCUT2D eigenvalue weighted by atomic mass is 127. The van der Waals surface area contributed by atoms with Crippen LogP contribution >= 0.6 is 33.3 Å². The number of nitriles is 1. The van der Waals surface area contributed by atoms with E-state index in [1.54, 1.807) is 0 Å². The molecule has 0 aliphatic carbocycles. The minimum absolute atomic E-state index is 0.0894. The Bertz CT molecular complexity index is 534. The first-order valence-electron chi connectivity index (χ1n) is 4.07. The Balaban J connectivity index is 3.59. The molecule has 0 unspecified atom stereocenters. The molecule has 0 amide bonds. The molecule has 0 aliphatic rings. The predicted octanol–water partition coefficient (Wildman–Crippen LogP) is 2.65. The molecule has 0 atom stereocenters. The van der Waals surface area contributed by atoms with Crippen LogP contribution in [0.25, 0.3) is 0 Å². The molecule has 0 saturated carbocycles. The third-order valence-corrected chi connectivity index (χ3v) is 4.28. The van der Waals surface area contributed by atoms with E-state index in [1.165, 1.54) is 12.1 Å². The van der Waals surface area contributed by atoms with Gasteiger partial charge < -0.3 is 0 Å². The Labute approximate surface area is 107 Å². The van der Waals surface area contributed by atoms with Gasteiger partial charge in [-0.2, -0.15) is 5.26 Å². The minimum atomic E-state index is -3.85. The SMILES string of the molecule is CCc1cc(S(=O)(=O)Cl)c(C#N)cc1I. The predicted molar refractivity (Wildman–Crippen MR) is 66.3 cm³/mol. The maximum absolute atomic E-state index is 11.2. The molecule has 0 bridgehead atoms. The molecule has 0 fully saturated rings. The van der Waals surface area contributed by atoms with Crippen LogP contribution in [-0.2, 0) is 15.5 Å². The second kappa shape index (κ2) is 4.68. The largest absolute Gasteiger partial charge is 0.262 e. The number of aryl methyl sites for hydroxylation is 1. The molecule has 80 valence electrons. The van der Waals surface area contributed by atoms with E-state index in [-0.39, 0.29) is 10.5 Å². The van der Waals surface area contributed by atoms with E-state index in [4.69, 9.17) is 15.9 Å². The molecular weight excluding hydrogens is 349 g/mol. The number of hydrogen-bond acceptors (Lipinski definition) is 3. The highest BCUT2D eigenvalue weighted by molar-refractivity contribution is 14.1. The van der Waals surface area contributed by atoms with Gasteiger partial charge in [0.25, 0.3) is 9.05 Å². The van der Waals surface area contributed by atoms with Crippen LogP contribution in [0, 0.1) is 14.9 Å². The van der Waals surface area contributed by atoms with Crippen molar-refractivity contribution < 1.29 is 8.42 Å². The van der Waals surface area contributed by atoms with Crippen LogP contribution in [0.5, 0.6) is 0 Å².